The molecule has 4 aromatic rings. The average Bonchev–Trinajstić information content (AvgIpc) is 3.44. The van der Waals surface area contributed by atoms with Crippen molar-refractivity contribution in [3.8, 4) is 16.4 Å². The molecule has 0 spiro atoms. The third kappa shape index (κ3) is 4.89. The van der Waals surface area contributed by atoms with E-state index >= 15 is 0 Å². The lowest BCUT2D eigenvalue weighted by Gasteiger charge is -2.14. The molecule has 0 aliphatic carbocycles. The number of rotatable bonds is 7. The molecule has 2 aromatic heterocycles. The molecule has 2 heterocycles. The molecule has 2 aromatic carbocycles. The number of hydrogen-bond donors (Lipinski definition) is 1. The van der Waals surface area contributed by atoms with E-state index in [-0.39, 0.29) is 11.2 Å². The van der Waals surface area contributed by atoms with Crippen molar-refractivity contribution in [3.63, 3.8) is 0 Å². The monoisotopic (exact) mass is 448 g/mol. The first-order valence-electron chi connectivity index (χ1n) is 10.1. The van der Waals surface area contributed by atoms with Gasteiger partial charge in [-0.2, -0.15) is 0 Å². The van der Waals surface area contributed by atoms with Crippen molar-refractivity contribution < 1.29 is 4.79 Å². The predicted octanol–water partition coefficient (Wildman–Crippen LogP) is 6.24. The maximum absolute atomic E-state index is 12.8. The third-order valence-corrected chi connectivity index (χ3v) is 6.79. The predicted molar refractivity (Wildman–Crippen MR) is 129 cm³/mol. The summed E-state index contributed by atoms with van der Waals surface area (Å²) >= 11 is 3.02. The molecular formula is C24H24N4OS2. The average molecular weight is 449 g/mol. The highest BCUT2D eigenvalue weighted by Gasteiger charge is 2.22. The maximum atomic E-state index is 12.8. The van der Waals surface area contributed by atoms with Crippen molar-refractivity contribution in [1.29, 1.82) is 0 Å². The zero-order valence-corrected chi connectivity index (χ0v) is 19.3. The molecule has 1 unspecified atom stereocenters. The van der Waals surface area contributed by atoms with Gasteiger partial charge in [0.2, 0.25) is 5.91 Å². The fraction of sp³-hybridized carbons (Fsp3) is 0.208. The molecule has 1 atom stereocenters. The zero-order chi connectivity index (χ0) is 21.8. The van der Waals surface area contributed by atoms with Crippen LogP contribution in [0.25, 0.3) is 16.4 Å². The van der Waals surface area contributed by atoms with Crippen molar-refractivity contribution in [1.82, 2.24) is 14.8 Å². The van der Waals surface area contributed by atoms with Crippen LogP contribution in [0.4, 0.5) is 5.69 Å². The van der Waals surface area contributed by atoms with E-state index in [1.807, 2.05) is 71.5 Å². The van der Waals surface area contributed by atoms with Crippen molar-refractivity contribution in [2.45, 2.75) is 37.1 Å². The lowest BCUT2D eigenvalue weighted by molar-refractivity contribution is -0.115. The zero-order valence-electron chi connectivity index (χ0n) is 17.6. The van der Waals surface area contributed by atoms with Gasteiger partial charge in [-0.3, -0.25) is 9.36 Å². The summed E-state index contributed by atoms with van der Waals surface area (Å²) in [5.41, 5.74) is 3.01. The molecule has 0 radical (unpaired) electrons. The normalized spacial score (nSPS) is 12.1. The Kier molecular flexibility index (Phi) is 6.53. The SMILES string of the molecule is CC(Sc1nnc(-c2cccs2)n1-c1ccccc1)C(=O)Nc1ccc(C(C)C)cc1. The van der Waals surface area contributed by atoms with Gasteiger partial charge in [-0.1, -0.05) is 62.0 Å². The van der Waals surface area contributed by atoms with Crippen LogP contribution in [-0.2, 0) is 4.79 Å². The summed E-state index contributed by atoms with van der Waals surface area (Å²) in [6.07, 6.45) is 0. The number of hydrogen-bond acceptors (Lipinski definition) is 5. The Labute approximate surface area is 190 Å². The highest BCUT2D eigenvalue weighted by Crippen LogP contribution is 2.32. The van der Waals surface area contributed by atoms with Crippen LogP contribution in [0.5, 0.6) is 0 Å². The van der Waals surface area contributed by atoms with Crippen LogP contribution < -0.4 is 5.32 Å². The fourth-order valence-corrected chi connectivity index (χ4v) is 4.69. The summed E-state index contributed by atoms with van der Waals surface area (Å²) < 4.78 is 2.01. The Morgan fingerprint density at radius 1 is 0.968 bits per heavy atom. The van der Waals surface area contributed by atoms with Gasteiger partial charge in [-0.25, -0.2) is 0 Å². The Balaban J connectivity index is 1.55. The van der Waals surface area contributed by atoms with Gasteiger partial charge in [-0.15, -0.1) is 21.5 Å². The molecule has 0 bridgehead atoms. The topological polar surface area (TPSA) is 59.8 Å². The Morgan fingerprint density at radius 3 is 2.35 bits per heavy atom. The minimum atomic E-state index is -0.340. The number of thiophene rings is 1. The number of benzene rings is 2. The minimum Gasteiger partial charge on any atom is -0.325 e. The van der Waals surface area contributed by atoms with Gasteiger partial charge in [0.05, 0.1) is 10.1 Å². The number of amides is 1. The Hall–Kier alpha value is -2.90. The Bertz CT molecular complexity index is 1140. The molecular weight excluding hydrogens is 424 g/mol. The van der Waals surface area contributed by atoms with Crippen LogP contribution in [0, 0.1) is 0 Å². The lowest BCUT2D eigenvalue weighted by atomic mass is 10.0. The van der Waals surface area contributed by atoms with Gasteiger partial charge < -0.3 is 5.32 Å². The van der Waals surface area contributed by atoms with Gasteiger partial charge in [0, 0.05) is 11.4 Å². The summed E-state index contributed by atoms with van der Waals surface area (Å²) in [7, 11) is 0. The minimum absolute atomic E-state index is 0.0671. The summed E-state index contributed by atoms with van der Waals surface area (Å²) in [4.78, 5) is 13.9. The largest absolute Gasteiger partial charge is 0.325 e. The number of para-hydroxylation sites is 1. The second-order valence-electron chi connectivity index (χ2n) is 7.48. The van der Waals surface area contributed by atoms with E-state index in [1.165, 1.54) is 17.3 Å². The number of carbonyl (C=O) groups is 1. The quantitative estimate of drug-likeness (QED) is 0.340. The van der Waals surface area contributed by atoms with E-state index in [2.05, 4.69) is 41.5 Å². The number of nitrogens with one attached hydrogen (secondary N) is 1. The molecule has 7 heteroatoms. The van der Waals surface area contributed by atoms with Gasteiger partial charge >= 0.3 is 0 Å². The van der Waals surface area contributed by atoms with Crippen LogP contribution >= 0.6 is 23.1 Å². The summed E-state index contributed by atoms with van der Waals surface area (Å²) in [5, 5.41) is 14.2. The van der Waals surface area contributed by atoms with Crippen LogP contribution in [0.2, 0.25) is 0 Å². The van der Waals surface area contributed by atoms with E-state index in [9.17, 15) is 4.79 Å². The smallest absolute Gasteiger partial charge is 0.237 e. The summed E-state index contributed by atoms with van der Waals surface area (Å²) in [6.45, 7) is 6.19. The van der Waals surface area contributed by atoms with Crippen molar-refractivity contribution in [2.75, 3.05) is 5.32 Å². The molecule has 4 rings (SSSR count). The maximum Gasteiger partial charge on any atom is 0.237 e. The fourth-order valence-electron chi connectivity index (χ4n) is 3.13. The van der Waals surface area contributed by atoms with Gasteiger partial charge in [0.1, 0.15) is 0 Å². The Morgan fingerprint density at radius 2 is 1.71 bits per heavy atom. The van der Waals surface area contributed by atoms with Crippen LogP contribution in [0.15, 0.2) is 77.3 Å². The second-order valence-corrected chi connectivity index (χ2v) is 9.74. The number of thioether (sulfide) groups is 1. The van der Waals surface area contributed by atoms with Gasteiger partial charge in [-0.05, 0) is 54.1 Å². The van der Waals surface area contributed by atoms with E-state index in [1.54, 1.807) is 11.3 Å². The second kappa shape index (κ2) is 9.49. The number of aromatic nitrogens is 3. The molecule has 0 aliphatic heterocycles. The van der Waals surface area contributed by atoms with Gasteiger partial charge in [0.15, 0.2) is 11.0 Å². The molecule has 1 N–H and O–H groups in total. The van der Waals surface area contributed by atoms with Crippen molar-refractivity contribution in [2.24, 2.45) is 0 Å². The van der Waals surface area contributed by atoms with E-state index < -0.39 is 0 Å². The summed E-state index contributed by atoms with van der Waals surface area (Å²) in [6, 6.07) is 22.0. The van der Waals surface area contributed by atoms with Crippen LogP contribution in [-0.4, -0.2) is 25.9 Å². The molecule has 0 saturated carbocycles. The molecule has 0 fully saturated rings. The molecule has 0 saturated heterocycles. The van der Waals surface area contributed by atoms with Crippen LogP contribution in [0.3, 0.4) is 0 Å². The van der Waals surface area contributed by atoms with Crippen LogP contribution in [0.1, 0.15) is 32.3 Å². The van der Waals surface area contributed by atoms with E-state index in [0.717, 1.165) is 22.1 Å². The number of nitrogens with zero attached hydrogens (tertiary/aromatic N) is 3. The third-order valence-electron chi connectivity index (χ3n) is 4.89. The molecule has 1 amide bonds. The molecule has 5 nitrogen and oxygen atoms in total. The van der Waals surface area contributed by atoms with Gasteiger partial charge in [0.25, 0.3) is 0 Å². The first-order valence-corrected chi connectivity index (χ1v) is 11.9. The lowest BCUT2D eigenvalue weighted by Crippen LogP contribution is -2.22. The highest BCUT2D eigenvalue weighted by atomic mass is 32.2. The highest BCUT2D eigenvalue weighted by molar-refractivity contribution is 8.00. The number of anilines is 1. The van der Waals surface area contributed by atoms with Crippen molar-refractivity contribution in [3.05, 3.63) is 77.7 Å². The summed E-state index contributed by atoms with van der Waals surface area (Å²) in [5.74, 6) is 1.17. The standard InChI is InChI=1S/C24H24N4OS2/c1-16(2)18-11-13-19(14-12-18)25-23(29)17(3)31-24-27-26-22(21-10-7-15-30-21)28(24)20-8-5-4-6-9-20/h4-17H,1-3H3,(H,25,29). The van der Waals surface area contributed by atoms with E-state index in [0.29, 0.717) is 11.1 Å². The molecule has 31 heavy (non-hydrogen) atoms. The first kappa shape index (κ1) is 21.3. The molecule has 158 valence electrons. The van der Waals surface area contributed by atoms with E-state index in [4.69, 9.17) is 0 Å². The number of carbonyl (C=O) groups excluding carboxylic acids is 1. The van der Waals surface area contributed by atoms with Crippen molar-refractivity contribution >= 4 is 34.7 Å². The molecule has 0 aliphatic rings. The first-order chi connectivity index (χ1) is 15.0.